The first kappa shape index (κ1) is 26.0. The highest BCUT2D eigenvalue weighted by Crippen LogP contribution is 2.31. The maximum absolute atomic E-state index is 13.2. The van der Waals surface area contributed by atoms with Crippen LogP contribution in [0, 0.1) is 5.92 Å². The highest BCUT2D eigenvalue weighted by molar-refractivity contribution is 7.80. The minimum absolute atomic E-state index is 0.0499. The van der Waals surface area contributed by atoms with E-state index >= 15 is 0 Å². The lowest BCUT2D eigenvalue weighted by Crippen LogP contribution is -2.52. The summed E-state index contributed by atoms with van der Waals surface area (Å²) in [6.07, 6.45) is 3.13. The molecule has 0 radical (unpaired) electrons. The van der Waals surface area contributed by atoms with Gasteiger partial charge < -0.3 is 20.3 Å². The number of carbonyl (C=O) groups excluding carboxylic acids is 2. The van der Waals surface area contributed by atoms with Crippen molar-refractivity contribution in [2.24, 2.45) is 10.9 Å². The first-order chi connectivity index (χ1) is 19.5. The number of fused-ring (bicyclic) bond motifs is 1. The number of anilines is 2. The number of nitrogens with one attached hydrogen (secondary N) is 4. The Kier molecular flexibility index (Phi) is 7.43. The summed E-state index contributed by atoms with van der Waals surface area (Å²) in [5, 5.41) is 10.6. The number of benzene rings is 2. The molecule has 3 heterocycles. The number of hydrazine groups is 1. The van der Waals surface area contributed by atoms with Gasteiger partial charge in [-0.25, -0.2) is 4.99 Å². The van der Waals surface area contributed by atoms with Crippen LogP contribution in [0.4, 0.5) is 11.5 Å². The third-order valence-electron chi connectivity index (χ3n) is 6.99. The van der Waals surface area contributed by atoms with Crippen LogP contribution in [0.1, 0.15) is 34.3 Å². The number of hydrogen-bond donors (Lipinski definition) is 4. The van der Waals surface area contributed by atoms with Gasteiger partial charge in [0.1, 0.15) is 5.56 Å². The van der Waals surface area contributed by atoms with Gasteiger partial charge >= 0.3 is 0 Å². The molecule has 1 aromatic heterocycles. The van der Waals surface area contributed by atoms with Gasteiger partial charge in [-0.05, 0) is 37.0 Å². The van der Waals surface area contributed by atoms with Crippen molar-refractivity contribution >= 4 is 46.4 Å². The van der Waals surface area contributed by atoms with Gasteiger partial charge in [0.15, 0.2) is 10.9 Å². The van der Waals surface area contributed by atoms with Crippen LogP contribution < -0.4 is 26.4 Å². The lowest BCUT2D eigenvalue weighted by molar-refractivity contribution is -0.117. The fourth-order valence-corrected chi connectivity index (χ4v) is 4.92. The van der Waals surface area contributed by atoms with E-state index in [0.29, 0.717) is 55.0 Å². The summed E-state index contributed by atoms with van der Waals surface area (Å²) in [6, 6.07) is 17.1. The van der Waals surface area contributed by atoms with Gasteiger partial charge in [-0.1, -0.05) is 48.5 Å². The molecule has 2 aliphatic heterocycles. The topological polar surface area (TPSA) is 125 Å². The van der Waals surface area contributed by atoms with Crippen molar-refractivity contribution in [2.75, 3.05) is 36.5 Å². The monoisotopic (exact) mass is 558 g/mol. The molecule has 2 aromatic carbocycles. The Morgan fingerprint density at radius 3 is 2.58 bits per heavy atom. The third kappa shape index (κ3) is 5.82. The van der Waals surface area contributed by atoms with Crippen LogP contribution in [-0.4, -0.2) is 64.9 Å². The Bertz CT molecular complexity index is 1450. The van der Waals surface area contributed by atoms with Crippen LogP contribution >= 0.6 is 12.2 Å². The molecule has 3 aromatic rings. The highest BCUT2D eigenvalue weighted by atomic mass is 32.1. The first-order valence-electron chi connectivity index (χ1n) is 13.4. The van der Waals surface area contributed by atoms with Gasteiger partial charge in [-0.15, -0.1) is 0 Å². The van der Waals surface area contributed by atoms with Crippen molar-refractivity contribution in [3.63, 3.8) is 0 Å². The standard InChI is InChI=1S/C28H30N8O3S/c37-26(21-17-36(16-18-10-11-18)34-25(21)35-12-14-39-15-13-35)32-33-28(40)31-24-27(38)29-22-9-5-4-8-20(22)23(30-24)19-6-2-1-3-7-19/h1-9,17-18,24H,10-16H2,(H,29,38)(H,32,37)(H2,31,33,40). The molecule has 12 heteroatoms. The Hall–Kier alpha value is -4.29. The van der Waals surface area contributed by atoms with E-state index in [4.69, 9.17) is 27.0 Å². The van der Waals surface area contributed by atoms with Crippen LogP contribution in [0.3, 0.4) is 0 Å². The molecule has 1 unspecified atom stereocenters. The quantitative estimate of drug-likeness (QED) is 0.268. The van der Waals surface area contributed by atoms with Crippen molar-refractivity contribution < 1.29 is 14.3 Å². The molecular weight excluding hydrogens is 528 g/mol. The van der Waals surface area contributed by atoms with Gasteiger partial charge in [0.2, 0.25) is 6.17 Å². The summed E-state index contributed by atoms with van der Waals surface area (Å²) in [6.45, 7) is 3.28. The fraction of sp³-hybridized carbons (Fsp3) is 0.321. The Morgan fingerprint density at radius 2 is 1.80 bits per heavy atom. The number of thiocarbonyl (C=S) groups is 1. The molecule has 2 fully saturated rings. The summed E-state index contributed by atoms with van der Waals surface area (Å²) in [5.74, 6) is 0.491. The van der Waals surface area contributed by atoms with Crippen molar-refractivity contribution in [3.8, 4) is 0 Å². The third-order valence-corrected chi connectivity index (χ3v) is 7.21. The highest BCUT2D eigenvalue weighted by Gasteiger charge is 2.28. The number of para-hydroxylation sites is 1. The Morgan fingerprint density at radius 1 is 1.05 bits per heavy atom. The number of amides is 2. The Labute approximate surface area is 236 Å². The Balaban J connectivity index is 1.16. The van der Waals surface area contributed by atoms with E-state index in [1.54, 1.807) is 6.20 Å². The van der Waals surface area contributed by atoms with E-state index in [1.807, 2.05) is 59.3 Å². The summed E-state index contributed by atoms with van der Waals surface area (Å²) in [5.41, 5.74) is 8.81. The smallest absolute Gasteiger partial charge is 0.275 e. The second kappa shape index (κ2) is 11.4. The van der Waals surface area contributed by atoms with Crippen LogP contribution in [0.15, 0.2) is 65.8 Å². The number of carbonyl (C=O) groups is 2. The maximum atomic E-state index is 13.2. The largest absolute Gasteiger partial charge is 0.378 e. The number of morpholine rings is 1. The molecule has 1 atom stereocenters. The minimum Gasteiger partial charge on any atom is -0.378 e. The number of rotatable bonds is 6. The van der Waals surface area contributed by atoms with Crippen molar-refractivity contribution in [2.45, 2.75) is 25.6 Å². The molecule has 1 saturated heterocycles. The molecule has 206 valence electrons. The van der Waals surface area contributed by atoms with Gasteiger partial charge in [0.25, 0.3) is 11.8 Å². The molecule has 40 heavy (non-hydrogen) atoms. The van der Waals surface area contributed by atoms with Crippen LogP contribution in [-0.2, 0) is 16.1 Å². The predicted molar refractivity (Wildman–Crippen MR) is 155 cm³/mol. The van der Waals surface area contributed by atoms with E-state index in [2.05, 4.69) is 26.4 Å². The second-order valence-electron chi connectivity index (χ2n) is 9.96. The molecule has 0 bridgehead atoms. The molecule has 4 N–H and O–H groups in total. The average molecular weight is 559 g/mol. The van der Waals surface area contributed by atoms with Crippen molar-refractivity contribution in [1.29, 1.82) is 0 Å². The number of hydrogen-bond acceptors (Lipinski definition) is 7. The SMILES string of the molecule is O=C(NNC(=S)NC1N=C(c2ccccc2)c2ccccc2NC1=O)c1cn(CC2CC2)nc1N1CCOCC1. The van der Waals surface area contributed by atoms with E-state index in [1.165, 1.54) is 12.8 Å². The first-order valence-corrected chi connectivity index (χ1v) is 13.8. The van der Waals surface area contributed by atoms with E-state index in [0.717, 1.165) is 17.7 Å². The van der Waals surface area contributed by atoms with E-state index < -0.39 is 6.17 Å². The van der Waals surface area contributed by atoms with Crippen LogP contribution in [0.5, 0.6) is 0 Å². The molecule has 2 amide bonds. The summed E-state index contributed by atoms with van der Waals surface area (Å²) in [4.78, 5) is 33.1. The van der Waals surface area contributed by atoms with Crippen molar-refractivity contribution in [3.05, 3.63) is 77.5 Å². The molecular formula is C28H30N8O3S. The zero-order chi connectivity index (χ0) is 27.5. The van der Waals surface area contributed by atoms with E-state index in [9.17, 15) is 9.59 Å². The number of nitrogens with zero attached hydrogens (tertiary/aromatic N) is 4. The molecule has 1 saturated carbocycles. The summed E-state index contributed by atoms with van der Waals surface area (Å²) in [7, 11) is 0. The number of ether oxygens (including phenoxy) is 1. The van der Waals surface area contributed by atoms with Gasteiger partial charge in [0.05, 0.1) is 24.6 Å². The summed E-state index contributed by atoms with van der Waals surface area (Å²) < 4.78 is 7.32. The molecule has 6 rings (SSSR count). The fourth-order valence-electron chi connectivity index (χ4n) is 4.76. The molecule has 11 nitrogen and oxygen atoms in total. The number of benzodiazepines with no additional fused rings is 1. The lowest BCUT2D eigenvalue weighted by atomic mass is 10.0. The second-order valence-corrected chi connectivity index (χ2v) is 10.4. The molecule has 0 spiro atoms. The van der Waals surface area contributed by atoms with Gasteiger partial charge in [-0.2, -0.15) is 5.10 Å². The van der Waals surface area contributed by atoms with Gasteiger partial charge in [0, 0.05) is 37.0 Å². The number of aliphatic imine (C=N–C) groups is 1. The van der Waals surface area contributed by atoms with Crippen LogP contribution in [0.25, 0.3) is 0 Å². The predicted octanol–water partition coefficient (Wildman–Crippen LogP) is 2.05. The normalized spacial score (nSPS) is 18.6. The zero-order valence-corrected chi connectivity index (χ0v) is 22.6. The maximum Gasteiger partial charge on any atom is 0.275 e. The average Bonchev–Trinajstić information content (AvgIpc) is 3.72. The lowest BCUT2D eigenvalue weighted by Gasteiger charge is -2.27. The van der Waals surface area contributed by atoms with Gasteiger partial charge in [-0.3, -0.25) is 25.1 Å². The number of aromatic nitrogens is 2. The van der Waals surface area contributed by atoms with E-state index in [-0.39, 0.29) is 16.9 Å². The van der Waals surface area contributed by atoms with Crippen LogP contribution in [0.2, 0.25) is 0 Å². The minimum atomic E-state index is -1.02. The molecule has 1 aliphatic carbocycles. The van der Waals surface area contributed by atoms with Crippen molar-refractivity contribution in [1.82, 2.24) is 25.9 Å². The zero-order valence-electron chi connectivity index (χ0n) is 21.8. The summed E-state index contributed by atoms with van der Waals surface area (Å²) >= 11 is 5.44. The molecule has 3 aliphatic rings.